The molecule has 1 aliphatic carbocycles. The Labute approximate surface area is 147 Å². The van der Waals surface area contributed by atoms with Crippen molar-refractivity contribution in [1.29, 1.82) is 0 Å². The van der Waals surface area contributed by atoms with Crippen molar-refractivity contribution in [2.45, 2.75) is 45.2 Å². The van der Waals surface area contributed by atoms with Crippen molar-refractivity contribution in [1.82, 2.24) is 15.1 Å². The number of hydrogen-bond acceptors (Lipinski definition) is 2. The van der Waals surface area contributed by atoms with E-state index in [-0.39, 0.29) is 5.91 Å². The lowest BCUT2D eigenvalue weighted by atomic mass is 10.2. The molecule has 5 heteroatoms. The first-order valence-corrected chi connectivity index (χ1v) is 8.76. The normalized spacial score (nSPS) is 15.2. The molecule has 1 saturated carbocycles. The third-order valence-corrected chi connectivity index (χ3v) is 4.79. The summed E-state index contributed by atoms with van der Waals surface area (Å²) in [7, 11) is 0. The van der Waals surface area contributed by atoms with Gasteiger partial charge in [-0.3, -0.25) is 4.79 Å². The highest BCUT2D eigenvalue weighted by Crippen LogP contribution is 2.22. The SMILES string of the molecule is Cc1nn(Cc2ccccc2)c(Cl)c1C=CC(=O)NC1CCCC1. The van der Waals surface area contributed by atoms with E-state index in [2.05, 4.69) is 10.4 Å². The zero-order valence-corrected chi connectivity index (χ0v) is 14.6. The summed E-state index contributed by atoms with van der Waals surface area (Å²) in [5.74, 6) is -0.0619. The van der Waals surface area contributed by atoms with Crippen molar-refractivity contribution in [2.24, 2.45) is 0 Å². The molecule has 126 valence electrons. The van der Waals surface area contributed by atoms with Crippen LogP contribution in [-0.2, 0) is 11.3 Å². The predicted molar refractivity (Wildman–Crippen MR) is 97.0 cm³/mol. The van der Waals surface area contributed by atoms with Gasteiger partial charge < -0.3 is 5.32 Å². The van der Waals surface area contributed by atoms with Crippen LogP contribution in [0.2, 0.25) is 5.15 Å². The topological polar surface area (TPSA) is 46.9 Å². The van der Waals surface area contributed by atoms with Gasteiger partial charge in [-0.2, -0.15) is 5.10 Å². The summed E-state index contributed by atoms with van der Waals surface area (Å²) >= 11 is 6.45. The molecule has 0 spiro atoms. The Hall–Kier alpha value is -2.07. The van der Waals surface area contributed by atoms with Crippen molar-refractivity contribution in [3.63, 3.8) is 0 Å². The lowest BCUT2D eigenvalue weighted by Crippen LogP contribution is -2.30. The van der Waals surface area contributed by atoms with Gasteiger partial charge in [-0.1, -0.05) is 54.8 Å². The minimum absolute atomic E-state index is 0.0619. The molecule has 1 heterocycles. The first kappa shape index (κ1) is 16.8. The Morgan fingerprint density at radius 3 is 2.75 bits per heavy atom. The number of hydrogen-bond donors (Lipinski definition) is 1. The molecule has 2 aromatic rings. The van der Waals surface area contributed by atoms with E-state index in [1.54, 1.807) is 16.8 Å². The molecule has 3 rings (SSSR count). The van der Waals surface area contributed by atoms with Crippen molar-refractivity contribution in [3.8, 4) is 0 Å². The van der Waals surface area contributed by atoms with E-state index in [1.165, 1.54) is 12.8 Å². The van der Waals surface area contributed by atoms with Crippen LogP contribution in [-0.4, -0.2) is 21.7 Å². The number of aryl methyl sites for hydroxylation is 1. The summed E-state index contributed by atoms with van der Waals surface area (Å²) in [4.78, 5) is 12.0. The van der Waals surface area contributed by atoms with Gasteiger partial charge in [-0.05, 0) is 31.4 Å². The van der Waals surface area contributed by atoms with Crippen molar-refractivity contribution in [2.75, 3.05) is 0 Å². The van der Waals surface area contributed by atoms with Gasteiger partial charge in [0.05, 0.1) is 12.2 Å². The third-order valence-electron chi connectivity index (χ3n) is 4.39. The van der Waals surface area contributed by atoms with E-state index in [1.807, 2.05) is 37.3 Å². The van der Waals surface area contributed by atoms with Crippen LogP contribution in [0.4, 0.5) is 0 Å². The maximum Gasteiger partial charge on any atom is 0.244 e. The van der Waals surface area contributed by atoms with Gasteiger partial charge in [0.2, 0.25) is 5.91 Å². The van der Waals surface area contributed by atoms with Gasteiger partial charge in [0.1, 0.15) is 5.15 Å². The third kappa shape index (κ3) is 4.06. The molecule has 4 nitrogen and oxygen atoms in total. The van der Waals surface area contributed by atoms with E-state index in [4.69, 9.17) is 11.6 Å². The molecule has 1 fully saturated rings. The summed E-state index contributed by atoms with van der Waals surface area (Å²) in [6.07, 6.45) is 7.87. The molecule has 24 heavy (non-hydrogen) atoms. The predicted octanol–water partition coefficient (Wildman–Crippen LogP) is 3.97. The van der Waals surface area contributed by atoms with Crippen LogP contribution in [0, 0.1) is 6.92 Å². The van der Waals surface area contributed by atoms with E-state index >= 15 is 0 Å². The Kier molecular flexibility index (Phi) is 5.36. The summed E-state index contributed by atoms with van der Waals surface area (Å²) in [5.41, 5.74) is 2.76. The van der Waals surface area contributed by atoms with E-state index in [0.717, 1.165) is 29.7 Å². The standard InChI is InChI=1S/C19H22ClN3O/c1-14-17(11-12-18(24)21-16-9-5-6-10-16)19(20)23(22-14)13-15-7-3-2-4-8-15/h2-4,7-8,11-12,16H,5-6,9-10,13H2,1H3,(H,21,24). The second kappa shape index (κ2) is 7.67. The fourth-order valence-electron chi connectivity index (χ4n) is 3.10. The van der Waals surface area contributed by atoms with Crippen molar-refractivity contribution >= 4 is 23.6 Å². The van der Waals surface area contributed by atoms with E-state index in [0.29, 0.717) is 17.7 Å². The smallest absolute Gasteiger partial charge is 0.244 e. The molecular formula is C19H22ClN3O. The van der Waals surface area contributed by atoms with Crippen LogP contribution in [0.1, 0.15) is 42.5 Å². The molecule has 1 N–H and O–H groups in total. The number of nitrogens with one attached hydrogen (secondary N) is 1. The van der Waals surface area contributed by atoms with Crippen LogP contribution < -0.4 is 5.32 Å². The number of rotatable bonds is 5. The molecule has 1 aromatic heterocycles. The first-order valence-electron chi connectivity index (χ1n) is 8.39. The molecule has 0 atom stereocenters. The maximum absolute atomic E-state index is 12.0. The van der Waals surface area contributed by atoms with Crippen LogP contribution in [0.25, 0.3) is 6.08 Å². The number of amides is 1. The Morgan fingerprint density at radius 2 is 2.04 bits per heavy atom. The van der Waals surface area contributed by atoms with Gasteiger partial charge in [0, 0.05) is 17.7 Å². The van der Waals surface area contributed by atoms with Crippen molar-refractivity contribution in [3.05, 3.63) is 58.4 Å². The van der Waals surface area contributed by atoms with Gasteiger partial charge >= 0.3 is 0 Å². The molecular weight excluding hydrogens is 322 g/mol. The first-order chi connectivity index (χ1) is 11.6. The van der Waals surface area contributed by atoms with Gasteiger partial charge in [-0.25, -0.2) is 4.68 Å². The lowest BCUT2D eigenvalue weighted by molar-refractivity contribution is -0.117. The Balaban J connectivity index is 1.69. The minimum Gasteiger partial charge on any atom is -0.350 e. The monoisotopic (exact) mass is 343 g/mol. The zero-order valence-electron chi connectivity index (χ0n) is 13.8. The Morgan fingerprint density at radius 1 is 1.33 bits per heavy atom. The summed E-state index contributed by atoms with van der Waals surface area (Å²) in [6.45, 7) is 2.52. The molecule has 1 aliphatic rings. The molecule has 0 radical (unpaired) electrons. The number of halogens is 1. The highest BCUT2D eigenvalue weighted by Gasteiger charge is 2.16. The highest BCUT2D eigenvalue weighted by atomic mass is 35.5. The van der Waals surface area contributed by atoms with Crippen molar-refractivity contribution < 1.29 is 4.79 Å². The number of carbonyl (C=O) groups excluding carboxylic acids is 1. The maximum atomic E-state index is 12.0. The second-order valence-corrected chi connectivity index (χ2v) is 6.61. The van der Waals surface area contributed by atoms with Crippen LogP contribution >= 0.6 is 11.6 Å². The largest absolute Gasteiger partial charge is 0.350 e. The minimum atomic E-state index is -0.0619. The van der Waals surface area contributed by atoms with Gasteiger partial charge in [0.15, 0.2) is 0 Å². The second-order valence-electron chi connectivity index (χ2n) is 6.26. The van der Waals surface area contributed by atoms with Crippen LogP contribution in [0.3, 0.4) is 0 Å². The molecule has 0 aliphatic heterocycles. The summed E-state index contributed by atoms with van der Waals surface area (Å²) in [5, 5.41) is 8.08. The molecule has 0 unspecified atom stereocenters. The van der Waals surface area contributed by atoms with Crippen LogP contribution in [0.15, 0.2) is 36.4 Å². The number of aromatic nitrogens is 2. The fourth-order valence-corrected chi connectivity index (χ4v) is 3.39. The summed E-state index contributed by atoms with van der Waals surface area (Å²) < 4.78 is 1.76. The zero-order chi connectivity index (χ0) is 16.9. The number of benzene rings is 1. The summed E-state index contributed by atoms with van der Waals surface area (Å²) in [6, 6.07) is 10.4. The van der Waals surface area contributed by atoms with E-state index < -0.39 is 0 Å². The fraction of sp³-hybridized carbons (Fsp3) is 0.368. The van der Waals surface area contributed by atoms with E-state index in [9.17, 15) is 4.79 Å². The van der Waals surface area contributed by atoms with Crippen LogP contribution in [0.5, 0.6) is 0 Å². The lowest BCUT2D eigenvalue weighted by Gasteiger charge is -2.09. The molecule has 1 aromatic carbocycles. The number of carbonyl (C=O) groups is 1. The highest BCUT2D eigenvalue weighted by molar-refractivity contribution is 6.31. The average Bonchev–Trinajstić information content (AvgIpc) is 3.16. The number of nitrogens with zero attached hydrogens (tertiary/aromatic N) is 2. The average molecular weight is 344 g/mol. The van der Waals surface area contributed by atoms with Gasteiger partial charge in [-0.15, -0.1) is 0 Å². The van der Waals surface area contributed by atoms with Gasteiger partial charge in [0.25, 0.3) is 0 Å². The quantitative estimate of drug-likeness (QED) is 0.835. The molecule has 0 bridgehead atoms. The molecule has 0 saturated heterocycles. The Bertz CT molecular complexity index is 731. The molecule has 1 amide bonds.